The zero-order chi connectivity index (χ0) is 16.0. The molecular weight excluding hydrogens is 312 g/mol. The van der Waals surface area contributed by atoms with E-state index < -0.39 is 0 Å². The molecule has 0 aliphatic heterocycles. The minimum Gasteiger partial charge on any atom is -0.275 e. The van der Waals surface area contributed by atoms with Crippen molar-refractivity contribution in [1.82, 2.24) is 19.6 Å². The summed E-state index contributed by atoms with van der Waals surface area (Å²) in [6.45, 7) is 1.80. The average Bonchev–Trinajstić information content (AvgIpc) is 2.82. The SMILES string of the molecule is Cc1nc2nc(C3=CC=C3)c(Cc3cccc(Cl)c3)c(=O)n2[nH]1. The van der Waals surface area contributed by atoms with Gasteiger partial charge < -0.3 is 0 Å². The number of halogens is 1. The third kappa shape index (κ3) is 2.39. The number of hydrogen-bond acceptors (Lipinski definition) is 3. The Kier molecular flexibility index (Phi) is 3.16. The quantitative estimate of drug-likeness (QED) is 0.805. The second kappa shape index (κ2) is 5.21. The van der Waals surface area contributed by atoms with Gasteiger partial charge in [-0.3, -0.25) is 9.89 Å². The van der Waals surface area contributed by atoms with Gasteiger partial charge in [-0.05, 0) is 24.6 Å². The van der Waals surface area contributed by atoms with E-state index in [1.165, 1.54) is 4.52 Å². The summed E-state index contributed by atoms with van der Waals surface area (Å²) in [4.78, 5) is 21.7. The Balaban J connectivity index is 1.92. The van der Waals surface area contributed by atoms with E-state index in [0.29, 0.717) is 34.3 Å². The molecule has 0 bridgehead atoms. The van der Waals surface area contributed by atoms with Crippen molar-refractivity contribution in [3.05, 3.63) is 80.5 Å². The molecule has 3 aromatic rings. The molecule has 6 heteroatoms. The van der Waals surface area contributed by atoms with Crippen molar-refractivity contribution < 1.29 is 0 Å². The molecule has 0 unspecified atom stereocenters. The molecule has 1 aromatic carbocycles. The van der Waals surface area contributed by atoms with Crippen molar-refractivity contribution in [3.63, 3.8) is 0 Å². The van der Waals surface area contributed by atoms with E-state index in [1.807, 2.05) is 42.5 Å². The lowest BCUT2D eigenvalue weighted by molar-refractivity contribution is 0.854. The second-order valence-corrected chi connectivity index (χ2v) is 5.91. The van der Waals surface area contributed by atoms with Crippen LogP contribution >= 0.6 is 11.6 Å². The molecule has 2 aromatic heterocycles. The van der Waals surface area contributed by atoms with Crippen LogP contribution in [0, 0.1) is 6.92 Å². The molecule has 114 valence electrons. The van der Waals surface area contributed by atoms with Crippen LogP contribution in [0.1, 0.15) is 22.6 Å². The van der Waals surface area contributed by atoms with Crippen LogP contribution < -0.4 is 5.56 Å². The first-order valence-electron chi connectivity index (χ1n) is 7.23. The average molecular weight is 325 g/mol. The molecule has 0 radical (unpaired) electrons. The van der Waals surface area contributed by atoms with Gasteiger partial charge in [0, 0.05) is 17.0 Å². The molecule has 0 atom stereocenters. The first kappa shape index (κ1) is 14.0. The van der Waals surface area contributed by atoms with E-state index in [9.17, 15) is 4.79 Å². The molecule has 1 N–H and O–H groups in total. The number of fused-ring (bicyclic) bond motifs is 1. The van der Waals surface area contributed by atoms with E-state index in [0.717, 1.165) is 11.1 Å². The Labute approximate surface area is 137 Å². The number of aromatic amines is 1. The Bertz CT molecular complexity index is 1040. The summed E-state index contributed by atoms with van der Waals surface area (Å²) in [5, 5.41) is 3.58. The predicted octanol–water partition coefficient (Wildman–Crippen LogP) is 2.92. The predicted molar refractivity (Wildman–Crippen MR) is 89.7 cm³/mol. The van der Waals surface area contributed by atoms with Crippen molar-refractivity contribution in [2.45, 2.75) is 13.3 Å². The number of nitrogens with zero attached hydrogens (tertiary/aromatic N) is 3. The van der Waals surface area contributed by atoms with E-state index in [2.05, 4.69) is 15.1 Å². The van der Waals surface area contributed by atoms with Gasteiger partial charge in [-0.25, -0.2) is 4.98 Å². The summed E-state index contributed by atoms with van der Waals surface area (Å²) >= 11 is 6.05. The molecule has 0 spiro atoms. The van der Waals surface area contributed by atoms with Gasteiger partial charge >= 0.3 is 0 Å². The lowest BCUT2D eigenvalue weighted by Gasteiger charge is -2.12. The fourth-order valence-corrected chi connectivity index (χ4v) is 2.87. The first-order chi connectivity index (χ1) is 11.1. The van der Waals surface area contributed by atoms with Crippen LogP contribution in [0.25, 0.3) is 11.4 Å². The van der Waals surface area contributed by atoms with Crippen molar-refractivity contribution in [2.75, 3.05) is 0 Å². The van der Waals surface area contributed by atoms with Gasteiger partial charge in [0.05, 0.1) is 11.3 Å². The summed E-state index contributed by atoms with van der Waals surface area (Å²) in [5.74, 6) is 1.04. The Morgan fingerprint density at radius 3 is 2.83 bits per heavy atom. The summed E-state index contributed by atoms with van der Waals surface area (Å²) in [6, 6.07) is 7.51. The number of nitrogens with one attached hydrogen (secondary N) is 1. The van der Waals surface area contributed by atoms with E-state index >= 15 is 0 Å². The summed E-state index contributed by atoms with van der Waals surface area (Å²) in [7, 11) is 0. The van der Waals surface area contributed by atoms with Crippen LogP contribution in [-0.2, 0) is 6.42 Å². The van der Waals surface area contributed by atoms with Crippen LogP contribution in [0.5, 0.6) is 0 Å². The van der Waals surface area contributed by atoms with E-state index in [1.54, 1.807) is 6.92 Å². The van der Waals surface area contributed by atoms with Crippen molar-refractivity contribution in [1.29, 1.82) is 0 Å². The first-order valence-corrected chi connectivity index (χ1v) is 7.61. The topological polar surface area (TPSA) is 63.1 Å². The van der Waals surface area contributed by atoms with Gasteiger partial charge in [0.15, 0.2) is 0 Å². The van der Waals surface area contributed by atoms with Crippen molar-refractivity contribution >= 4 is 23.0 Å². The molecule has 0 fully saturated rings. The van der Waals surface area contributed by atoms with Crippen LogP contribution in [0.15, 0.2) is 47.3 Å². The van der Waals surface area contributed by atoms with Crippen LogP contribution in [0.3, 0.4) is 0 Å². The van der Waals surface area contributed by atoms with Gasteiger partial charge in [0.1, 0.15) is 5.82 Å². The number of rotatable bonds is 3. The second-order valence-electron chi connectivity index (χ2n) is 5.48. The normalized spacial score (nSPS) is 13.2. The van der Waals surface area contributed by atoms with Gasteiger partial charge in [0.25, 0.3) is 11.3 Å². The molecule has 0 saturated carbocycles. The highest BCUT2D eigenvalue weighted by Crippen LogP contribution is 2.24. The third-order valence-corrected chi connectivity index (χ3v) is 4.03. The van der Waals surface area contributed by atoms with E-state index in [-0.39, 0.29) is 5.56 Å². The smallest absolute Gasteiger partial charge is 0.275 e. The summed E-state index contributed by atoms with van der Waals surface area (Å²) in [5.41, 5.74) is 3.10. The van der Waals surface area contributed by atoms with Crippen molar-refractivity contribution in [3.8, 4) is 0 Å². The highest BCUT2D eigenvalue weighted by atomic mass is 35.5. The Morgan fingerprint density at radius 1 is 1.30 bits per heavy atom. The van der Waals surface area contributed by atoms with Gasteiger partial charge in [-0.1, -0.05) is 42.0 Å². The highest BCUT2D eigenvalue weighted by molar-refractivity contribution is 6.30. The molecule has 0 amide bonds. The molecule has 4 rings (SSSR count). The highest BCUT2D eigenvalue weighted by Gasteiger charge is 2.18. The molecule has 1 aliphatic carbocycles. The number of benzene rings is 1. The number of aryl methyl sites for hydroxylation is 1. The zero-order valence-corrected chi connectivity index (χ0v) is 13.1. The minimum atomic E-state index is -0.133. The number of allylic oxidation sites excluding steroid dienone is 4. The lowest BCUT2D eigenvalue weighted by Crippen LogP contribution is -2.23. The maximum atomic E-state index is 12.9. The lowest BCUT2D eigenvalue weighted by atomic mass is 9.97. The molecule has 5 nitrogen and oxygen atoms in total. The third-order valence-electron chi connectivity index (χ3n) is 3.80. The standard InChI is InChI=1S/C17H13ClN4O/c1-10-19-17-20-15(12-5-3-6-12)14(16(23)22(17)21-10)9-11-4-2-7-13(18)8-11/h2-8H,9H2,1H3,(H,19,20,21). The Morgan fingerprint density at radius 2 is 2.13 bits per heavy atom. The van der Waals surface area contributed by atoms with Gasteiger partial charge in [0.2, 0.25) is 0 Å². The minimum absolute atomic E-state index is 0.133. The van der Waals surface area contributed by atoms with Crippen LogP contribution in [0.2, 0.25) is 5.02 Å². The maximum Gasteiger partial charge on any atom is 0.278 e. The zero-order valence-electron chi connectivity index (χ0n) is 12.4. The van der Waals surface area contributed by atoms with Crippen LogP contribution in [0.4, 0.5) is 0 Å². The molecule has 0 saturated heterocycles. The summed E-state index contributed by atoms with van der Waals surface area (Å²) in [6.07, 6.45) is 6.28. The molecule has 2 heterocycles. The van der Waals surface area contributed by atoms with E-state index in [4.69, 9.17) is 11.6 Å². The molecule has 1 aliphatic rings. The largest absolute Gasteiger partial charge is 0.278 e. The van der Waals surface area contributed by atoms with Gasteiger partial charge in [-0.2, -0.15) is 9.50 Å². The fourth-order valence-electron chi connectivity index (χ4n) is 2.66. The molecule has 23 heavy (non-hydrogen) atoms. The number of H-pyrrole nitrogens is 1. The number of aromatic nitrogens is 4. The number of hydrogen-bond donors (Lipinski definition) is 1. The van der Waals surface area contributed by atoms with Crippen molar-refractivity contribution in [2.24, 2.45) is 0 Å². The monoisotopic (exact) mass is 324 g/mol. The fraction of sp³-hybridized carbons (Fsp3) is 0.118. The Hall–Kier alpha value is -2.66. The van der Waals surface area contributed by atoms with Gasteiger partial charge in [-0.15, -0.1) is 0 Å². The van der Waals surface area contributed by atoms with Crippen LogP contribution in [-0.4, -0.2) is 19.6 Å². The molecular formula is C17H13ClN4O. The summed E-state index contributed by atoms with van der Waals surface area (Å²) < 4.78 is 1.39. The maximum absolute atomic E-state index is 12.9.